The van der Waals surface area contributed by atoms with Gasteiger partial charge in [0.1, 0.15) is 11.4 Å². The van der Waals surface area contributed by atoms with Crippen LogP contribution in [0.4, 0.5) is 0 Å². The molecule has 37 heavy (non-hydrogen) atoms. The molecule has 1 saturated heterocycles. The number of hydrogen-bond acceptors (Lipinski definition) is 4. The van der Waals surface area contributed by atoms with Gasteiger partial charge in [0.2, 0.25) is 0 Å². The van der Waals surface area contributed by atoms with Crippen molar-refractivity contribution in [3.8, 4) is 5.75 Å². The summed E-state index contributed by atoms with van der Waals surface area (Å²) in [7, 11) is 0. The number of fused-ring (bicyclic) bond motifs is 9. The minimum Gasteiger partial charge on any atom is -0.487 e. The van der Waals surface area contributed by atoms with E-state index in [1.54, 1.807) is 0 Å². The second-order valence-electron chi connectivity index (χ2n) is 12.1. The molecule has 3 heterocycles. The highest BCUT2D eigenvalue weighted by Gasteiger charge is 2.47. The van der Waals surface area contributed by atoms with Crippen LogP contribution in [0, 0.1) is 11.8 Å². The number of rotatable bonds is 1. The van der Waals surface area contributed by atoms with Gasteiger partial charge in [-0.25, -0.2) is 9.97 Å². The molecule has 3 aliphatic rings. The fourth-order valence-electron chi connectivity index (χ4n) is 7.31. The predicted octanol–water partition coefficient (Wildman–Crippen LogP) is 7.25. The summed E-state index contributed by atoms with van der Waals surface area (Å²) >= 11 is 0. The zero-order valence-corrected chi connectivity index (χ0v) is 22.1. The molecule has 5 heteroatoms. The van der Waals surface area contributed by atoms with Gasteiger partial charge < -0.3 is 9.64 Å². The van der Waals surface area contributed by atoms with Gasteiger partial charge in [-0.2, -0.15) is 0 Å². The number of amides is 1. The van der Waals surface area contributed by atoms with Gasteiger partial charge in [0.05, 0.1) is 22.1 Å². The maximum atomic E-state index is 13.3. The molecule has 0 bridgehead atoms. The molecule has 1 aromatic heterocycles. The number of benzene rings is 3. The third-order valence-corrected chi connectivity index (χ3v) is 9.22. The largest absolute Gasteiger partial charge is 0.487 e. The first-order valence-corrected chi connectivity index (χ1v) is 14.0. The quantitative estimate of drug-likeness (QED) is 0.207. The predicted molar refractivity (Wildman–Crippen MR) is 148 cm³/mol. The molecule has 1 amide bonds. The van der Waals surface area contributed by atoms with E-state index in [1.165, 1.54) is 24.8 Å². The Morgan fingerprint density at radius 1 is 0.946 bits per heavy atom. The molecule has 4 aromatic rings. The number of aromatic nitrogens is 2. The summed E-state index contributed by atoms with van der Waals surface area (Å²) in [6.07, 6.45) is 6.93. The standard InChI is InChI=1S/C32H35N3O2/c1-19-11-13-24-23(17-19)27-29-28(21-9-5-6-10-22(21)30(27)37-32(24,2)3)33-25-14-12-20(18-26(25)34-29)31(36)35-15-7-4-8-16-35/h5-6,9-10,12,14,18-19,23-24H,4,7-8,11,13,15-17H2,1-3H3/t19-,23-,24-/m0/s1. The van der Waals surface area contributed by atoms with Gasteiger partial charge in [-0.3, -0.25) is 4.79 Å². The number of nitrogens with zero attached hydrogens (tertiary/aromatic N) is 3. The molecular formula is C32H35N3O2. The van der Waals surface area contributed by atoms with E-state index in [9.17, 15) is 4.79 Å². The molecule has 0 unspecified atom stereocenters. The van der Waals surface area contributed by atoms with Crippen LogP contribution >= 0.6 is 0 Å². The van der Waals surface area contributed by atoms with Crippen LogP contribution in [0.3, 0.4) is 0 Å². The number of carbonyl (C=O) groups excluding carboxylic acids is 1. The molecule has 1 saturated carbocycles. The Morgan fingerprint density at radius 3 is 2.51 bits per heavy atom. The lowest BCUT2D eigenvalue weighted by atomic mass is 9.64. The van der Waals surface area contributed by atoms with Crippen molar-refractivity contribution in [1.29, 1.82) is 0 Å². The van der Waals surface area contributed by atoms with E-state index in [4.69, 9.17) is 14.7 Å². The Hall–Kier alpha value is -3.21. The molecule has 0 spiro atoms. The average molecular weight is 494 g/mol. The van der Waals surface area contributed by atoms with Gasteiger partial charge in [-0.05, 0) is 76.0 Å². The second kappa shape index (κ2) is 8.41. The van der Waals surface area contributed by atoms with E-state index in [-0.39, 0.29) is 11.5 Å². The highest BCUT2D eigenvalue weighted by atomic mass is 16.5. The van der Waals surface area contributed by atoms with Gasteiger partial charge in [-0.15, -0.1) is 0 Å². The SMILES string of the molecule is C[C@H]1CC[C@H]2[C@H](C1)c1c(c3ccccc3c3nc4ccc(C(=O)N5CCCCC5)cc4nc13)OC2(C)C. The van der Waals surface area contributed by atoms with Gasteiger partial charge in [0.25, 0.3) is 5.91 Å². The molecule has 2 aliphatic heterocycles. The lowest BCUT2D eigenvalue weighted by molar-refractivity contribution is -0.0115. The highest BCUT2D eigenvalue weighted by molar-refractivity contribution is 6.11. The zero-order chi connectivity index (χ0) is 25.3. The lowest BCUT2D eigenvalue weighted by Gasteiger charge is -2.49. The molecule has 7 rings (SSSR count). The topological polar surface area (TPSA) is 55.3 Å². The van der Waals surface area contributed by atoms with Gasteiger partial charge in [0.15, 0.2) is 0 Å². The van der Waals surface area contributed by atoms with Crippen LogP contribution in [0.1, 0.15) is 81.1 Å². The molecule has 3 aromatic carbocycles. The van der Waals surface area contributed by atoms with Crippen molar-refractivity contribution >= 4 is 38.7 Å². The van der Waals surface area contributed by atoms with E-state index in [0.717, 1.165) is 70.9 Å². The summed E-state index contributed by atoms with van der Waals surface area (Å²) in [6.45, 7) is 8.57. The van der Waals surface area contributed by atoms with Crippen molar-refractivity contribution in [2.75, 3.05) is 13.1 Å². The van der Waals surface area contributed by atoms with Crippen molar-refractivity contribution in [3.63, 3.8) is 0 Å². The maximum absolute atomic E-state index is 13.3. The van der Waals surface area contributed by atoms with E-state index in [2.05, 4.69) is 45.0 Å². The molecule has 0 N–H and O–H groups in total. The number of hydrogen-bond donors (Lipinski definition) is 0. The summed E-state index contributed by atoms with van der Waals surface area (Å²) in [4.78, 5) is 25.7. The fourth-order valence-corrected chi connectivity index (χ4v) is 7.31. The Morgan fingerprint density at radius 2 is 1.70 bits per heavy atom. The summed E-state index contributed by atoms with van der Waals surface area (Å²) < 4.78 is 6.87. The van der Waals surface area contributed by atoms with Crippen molar-refractivity contribution < 1.29 is 9.53 Å². The number of piperidine rings is 1. The van der Waals surface area contributed by atoms with Gasteiger partial charge >= 0.3 is 0 Å². The van der Waals surface area contributed by atoms with Crippen molar-refractivity contribution in [2.45, 2.75) is 70.8 Å². The maximum Gasteiger partial charge on any atom is 0.253 e. The minimum atomic E-state index is -0.230. The van der Waals surface area contributed by atoms with Crippen LogP contribution in [0.2, 0.25) is 0 Å². The van der Waals surface area contributed by atoms with E-state index >= 15 is 0 Å². The number of carbonyl (C=O) groups is 1. The summed E-state index contributed by atoms with van der Waals surface area (Å²) in [5.41, 5.74) is 5.22. The zero-order valence-electron chi connectivity index (χ0n) is 22.1. The second-order valence-corrected chi connectivity index (χ2v) is 12.1. The Kier molecular flexibility index (Phi) is 5.21. The smallest absolute Gasteiger partial charge is 0.253 e. The van der Waals surface area contributed by atoms with Crippen LogP contribution in [0.25, 0.3) is 32.8 Å². The van der Waals surface area contributed by atoms with Crippen molar-refractivity contribution in [3.05, 3.63) is 53.6 Å². The van der Waals surface area contributed by atoms with E-state index < -0.39 is 0 Å². The van der Waals surface area contributed by atoms with Gasteiger partial charge in [0, 0.05) is 40.9 Å². The Balaban J connectivity index is 1.47. The lowest BCUT2D eigenvalue weighted by Crippen LogP contribution is -2.46. The van der Waals surface area contributed by atoms with Crippen LogP contribution in [-0.4, -0.2) is 39.5 Å². The van der Waals surface area contributed by atoms with E-state index in [0.29, 0.717) is 23.3 Å². The molecule has 5 nitrogen and oxygen atoms in total. The first kappa shape index (κ1) is 22.9. The highest BCUT2D eigenvalue weighted by Crippen LogP contribution is 2.56. The van der Waals surface area contributed by atoms with Crippen LogP contribution in [0.15, 0.2) is 42.5 Å². The first-order valence-electron chi connectivity index (χ1n) is 14.0. The molecule has 0 radical (unpaired) electrons. The van der Waals surface area contributed by atoms with Crippen molar-refractivity contribution in [1.82, 2.24) is 14.9 Å². The Labute approximate surface area is 218 Å². The monoisotopic (exact) mass is 493 g/mol. The summed E-state index contributed by atoms with van der Waals surface area (Å²) in [5, 5.41) is 2.21. The normalized spacial score (nSPS) is 25.1. The molecular weight excluding hydrogens is 458 g/mol. The molecule has 2 fully saturated rings. The van der Waals surface area contributed by atoms with Crippen LogP contribution < -0.4 is 4.74 Å². The minimum absolute atomic E-state index is 0.107. The number of ether oxygens (including phenoxy) is 1. The average Bonchev–Trinajstić information content (AvgIpc) is 2.91. The third-order valence-electron chi connectivity index (χ3n) is 9.22. The molecule has 190 valence electrons. The van der Waals surface area contributed by atoms with Gasteiger partial charge in [-0.1, -0.05) is 37.6 Å². The fraction of sp³-hybridized carbons (Fsp3) is 0.469. The molecule has 3 atom stereocenters. The molecule has 1 aliphatic carbocycles. The van der Waals surface area contributed by atoms with E-state index in [1.807, 2.05) is 23.1 Å². The number of likely N-dealkylation sites (tertiary alicyclic amines) is 1. The van der Waals surface area contributed by atoms with Crippen LogP contribution in [-0.2, 0) is 0 Å². The first-order chi connectivity index (χ1) is 17.9. The summed E-state index contributed by atoms with van der Waals surface area (Å²) in [5.74, 6) is 2.60. The third kappa shape index (κ3) is 3.61. The summed E-state index contributed by atoms with van der Waals surface area (Å²) in [6, 6.07) is 14.3. The van der Waals surface area contributed by atoms with Crippen molar-refractivity contribution in [2.24, 2.45) is 11.8 Å². The Bertz CT molecular complexity index is 1550. The van der Waals surface area contributed by atoms with Crippen LogP contribution in [0.5, 0.6) is 5.75 Å².